The molecule has 0 spiro atoms. The van der Waals surface area contributed by atoms with Crippen molar-refractivity contribution in [1.29, 1.82) is 0 Å². The van der Waals surface area contributed by atoms with Crippen LogP contribution in [0.5, 0.6) is 0 Å². The molecule has 0 fully saturated rings. The van der Waals surface area contributed by atoms with Crippen molar-refractivity contribution in [2.24, 2.45) is 11.1 Å². The summed E-state index contributed by atoms with van der Waals surface area (Å²) in [6.07, 6.45) is 2.66. The summed E-state index contributed by atoms with van der Waals surface area (Å²) >= 11 is 0. The summed E-state index contributed by atoms with van der Waals surface area (Å²) in [6, 6.07) is 0.0382. The molecule has 3 N–H and O–H groups in total. The van der Waals surface area contributed by atoms with E-state index in [0.717, 1.165) is 24.8 Å². The second kappa shape index (κ2) is 3.09. The minimum absolute atomic E-state index is 0.0382. The zero-order chi connectivity index (χ0) is 9.35. The van der Waals surface area contributed by atoms with E-state index in [-0.39, 0.29) is 11.5 Å². The van der Waals surface area contributed by atoms with Crippen molar-refractivity contribution < 1.29 is 5.11 Å². The largest absolute Gasteiger partial charge is 0.512 e. The van der Waals surface area contributed by atoms with Crippen molar-refractivity contribution in [3.63, 3.8) is 0 Å². The molecule has 1 aliphatic rings. The molecule has 0 radical (unpaired) electrons. The molecule has 1 rings (SSSR count). The van der Waals surface area contributed by atoms with Crippen molar-refractivity contribution in [3.8, 4) is 0 Å². The fourth-order valence-electron chi connectivity index (χ4n) is 1.83. The zero-order valence-corrected chi connectivity index (χ0v) is 8.22. The Bertz CT molecular complexity index is 206. The molecule has 1 aliphatic carbocycles. The molecule has 2 heteroatoms. The highest BCUT2D eigenvalue weighted by molar-refractivity contribution is 5.21. The van der Waals surface area contributed by atoms with Crippen molar-refractivity contribution in [2.45, 2.75) is 46.1 Å². The third-order valence-electron chi connectivity index (χ3n) is 2.98. The number of allylic oxidation sites excluding steroid dienone is 1. The lowest BCUT2D eigenvalue weighted by Gasteiger charge is -2.37. The Kier molecular flexibility index (Phi) is 2.47. The summed E-state index contributed by atoms with van der Waals surface area (Å²) in [4.78, 5) is 0. The molecule has 1 atom stereocenters. The van der Waals surface area contributed by atoms with Crippen LogP contribution in [0.3, 0.4) is 0 Å². The fourth-order valence-corrected chi connectivity index (χ4v) is 1.83. The molecule has 0 heterocycles. The van der Waals surface area contributed by atoms with Crippen molar-refractivity contribution >= 4 is 0 Å². The maximum absolute atomic E-state index is 9.57. The Morgan fingerprint density at radius 3 is 2.58 bits per heavy atom. The van der Waals surface area contributed by atoms with Crippen molar-refractivity contribution in [3.05, 3.63) is 11.3 Å². The average Bonchev–Trinajstić information content (AvgIpc) is 2.00. The van der Waals surface area contributed by atoms with Crippen LogP contribution in [0.25, 0.3) is 0 Å². The first-order valence-electron chi connectivity index (χ1n) is 4.65. The molecule has 70 valence electrons. The topological polar surface area (TPSA) is 46.2 Å². The SMILES string of the molecule is CCC1=C(O)CCC(C)(C)C1N. The smallest absolute Gasteiger partial charge is 0.0930 e. The van der Waals surface area contributed by atoms with Crippen LogP contribution in [0.2, 0.25) is 0 Å². The van der Waals surface area contributed by atoms with Crippen LogP contribution in [0, 0.1) is 5.41 Å². The van der Waals surface area contributed by atoms with Gasteiger partial charge in [-0.3, -0.25) is 0 Å². The molecule has 0 aromatic carbocycles. The summed E-state index contributed by atoms with van der Waals surface area (Å²) < 4.78 is 0. The Labute approximate surface area is 74.5 Å². The molecular weight excluding hydrogens is 150 g/mol. The highest BCUT2D eigenvalue weighted by atomic mass is 16.3. The number of aliphatic hydroxyl groups excluding tert-OH is 1. The van der Waals surface area contributed by atoms with Crippen molar-refractivity contribution in [1.82, 2.24) is 0 Å². The van der Waals surface area contributed by atoms with E-state index in [9.17, 15) is 5.11 Å². The number of nitrogens with two attached hydrogens (primary N) is 1. The van der Waals surface area contributed by atoms with Crippen LogP contribution in [-0.4, -0.2) is 11.1 Å². The summed E-state index contributed by atoms with van der Waals surface area (Å²) in [5.41, 5.74) is 7.24. The van der Waals surface area contributed by atoms with Gasteiger partial charge in [0, 0.05) is 12.5 Å². The van der Waals surface area contributed by atoms with Crippen LogP contribution in [-0.2, 0) is 0 Å². The second-order valence-corrected chi connectivity index (χ2v) is 4.29. The monoisotopic (exact) mass is 169 g/mol. The minimum atomic E-state index is 0.0382. The molecule has 2 nitrogen and oxygen atoms in total. The van der Waals surface area contributed by atoms with E-state index in [0.29, 0.717) is 5.76 Å². The molecule has 0 bridgehead atoms. The third kappa shape index (κ3) is 1.48. The summed E-state index contributed by atoms with van der Waals surface area (Å²) in [7, 11) is 0. The van der Waals surface area contributed by atoms with Gasteiger partial charge in [-0.05, 0) is 23.8 Å². The molecule has 0 saturated carbocycles. The predicted molar refractivity (Wildman–Crippen MR) is 50.9 cm³/mol. The first-order valence-corrected chi connectivity index (χ1v) is 4.65. The first-order chi connectivity index (χ1) is 5.49. The number of hydrogen-bond acceptors (Lipinski definition) is 2. The van der Waals surface area contributed by atoms with Crippen LogP contribution in [0.4, 0.5) is 0 Å². The fraction of sp³-hybridized carbons (Fsp3) is 0.800. The van der Waals surface area contributed by atoms with Crippen LogP contribution in [0.15, 0.2) is 11.3 Å². The quantitative estimate of drug-likeness (QED) is 0.633. The Morgan fingerprint density at radius 2 is 2.17 bits per heavy atom. The third-order valence-corrected chi connectivity index (χ3v) is 2.98. The lowest BCUT2D eigenvalue weighted by Crippen LogP contribution is -2.42. The molecular formula is C10H19NO. The molecule has 1 unspecified atom stereocenters. The molecule has 0 amide bonds. The van der Waals surface area contributed by atoms with Gasteiger partial charge in [-0.2, -0.15) is 0 Å². The average molecular weight is 169 g/mol. The van der Waals surface area contributed by atoms with E-state index >= 15 is 0 Å². The van der Waals surface area contributed by atoms with E-state index in [1.807, 2.05) is 6.92 Å². The highest BCUT2D eigenvalue weighted by Crippen LogP contribution is 2.37. The van der Waals surface area contributed by atoms with E-state index in [1.54, 1.807) is 0 Å². The van der Waals surface area contributed by atoms with Gasteiger partial charge in [-0.1, -0.05) is 20.8 Å². The van der Waals surface area contributed by atoms with Gasteiger partial charge in [0.2, 0.25) is 0 Å². The van der Waals surface area contributed by atoms with E-state index in [1.165, 1.54) is 0 Å². The Balaban J connectivity index is 2.92. The van der Waals surface area contributed by atoms with Gasteiger partial charge in [0.05, 0.1) is 5.76 Å². The van der Waals surface area contributed by atoms with Crippen molar-refractivity contribution in [2.75, 3.05) is 0 Å². The number of hydrogen-bond donors (Lipinski definition) is 2. The second-order valence-electron chi connectivity index (χ2n) is 4.29. The van der Waals surface area contributed by atoms with Gasteiger partial charge in [-0.15, -0.1) is 0 Å². The first kappa shape index (κ1) is 9.59. The van der Waals surface area contributed by atoms with Gasteiger partial charge < -0.3 is 10.8 Å². The van der Waals surface area contributed by atoms with Gasteiger partial charge in [0.15, 0.2) is 0 Å². The Morgan fingerprint density at radius 1 is 1.58 bits per heavy atom. The molecule has 12 heavy (non-hydrogen) atoms. The standard InChI is InChI=1S/C10H19NO/c1-4-7-8(12)5-6-10(2,3)9(7)11/h9,12H,4-6,11H2,1-3H3. The number of aliphatic hydroxyl groups is 1. The van der Waals surface area contributed by atoms with E-state index in [2.05, 4.69) is 13.8 Å². The van der Waals surface area contributed by atoms with Gasteiger partial charge >= 0.3 is 0 Å². The van der Waals surface area contributed by atoms with Crippen LogP contribution >= 0.6 is 0 Å². The maximum atomic E-state index is 9.57. The van der Waals surface area contributed by atoms with Crippen LogP contribution in [0.1, 0.15) is 40.0 Å². The normalized spacial score (nSPS) is 29.2. The molecule has 0 aliphatic heterocycles. The van der Waals surface area contributed by atoms with Gasteiger partial charge in [0.25, 0.3) is 0 Å². The minimum Gasteiger partial charge on any atom is -0.512 e. The zero-order valence-electron chi connectivity index (χ0n) is 8.22. The van der Waals surface area contributed by atoms with Gasteiger partial charge in [0.1, 0.15) is 0 Å². The summed E-state index contributed by atoms with van der Waals surface area (Å²) in [5.74, 6) is 0.532. The number of rotatable bonds is 1. The summed E-state index contributed by atoms with van der Waals surface area (Å²) in [6.45, 7) is 6.38. The lowest BCUT2D eigenvalue weighted by molar-refractivity contribution is 0.225. The predicted octanol–water partition coefficient (Wildman–Crippen LogP) is 2.36. The highest BCUT2D eigenvalue weighted by Gasteiger charge is 2.33. The maximum Gasteiger partial charge on any atom is 0.0930 e. The van der Waals surface area contributed by atoms with E-state index in [4.69, 9.17) is 5.73 Å². The Hall–Kier alpha value is -0.500. The van der Waals surface area contributed by atoms with E-state index < -0.39 is 0 Å². The molecule has 0 aromatic heterocycles. The van der Waals surface area contributed by atoms with Gasteiger partial charge in [-0.25, -0.2) is 0 Å². The van der Waals surface area contributed by atoms with Crippen LogP contribution < -0.4 is 5.73 Å². The molecule has 0 aromatic rings. The summed E-state index contributed by atoms with van der Waals surface area (Å²) in [5, 5.41) is 9.57. The molecule has 0 saturated heterocycles. The lowest BCUT2D eigenvalue weighted by atomic mass is 9.72.